The smallest absolute Gasteiger partial charge is 0.274 e. The first-order valence-corrected chi connectivity index (χ1v) is 10.6. The van der Waals surface area contributed by atoms with Gasteiger partial charge in [-0.25, -0.2) is 0 Å². The van der Waals surface area contributed by atoms with Crippen molar-refractivity contribution in [3.8, 4) is 0 Å². The fourth-order valence-corrected chi connectivity index (χ4v) is 3.66. The molecule has 156 valence electrons. The van der Waals surface area contributed by atoms with Gasteiger partial charge >= 0.3 is 0 Å². The minimum Gasteiger partial charge on any atom is -0.338 e. The summed E-state index contributed by atoms with van der Waals surface area (Å²) in [5.74, 6) is 0.00402. The van der Waals surface area contributed by atoms with E-state index in [0.717, 1.165) is 31.2 Å². The molecule has 0 heterocycles. The molecular formula is C22H26Cl2N2O3. The lowest BCUT2D eigenvalue weighted by molar-refractivity contribution is -0.385. The van der Waals surface area contributed by atoms with E-state index in [0.29, 0.717) is 35.0 Å². The van der Waals surface area contributed by atoms with E-state index in [1.165, 1.54) is 6.07 Å². The molecule has 0 aromatic heterocycles. The third-order valence-corrected chi connectivity index (χ3v) is 5.40. The molecule has 2 aromatic rings. The number of benzene rings is 2. The summed E-state index contributed by atoms with van der Waals surface area (Å²) in [7, 11) is 0. The van der Waals surface area contributed by atoms with E-state index in [4.69, 9.17) is 23.2 Å². The van der Waals surface area contributed by atoms with E-state index >= 15 is 0 Å². The van der Waals surface area contributed by atoms with Gasteiger partial charge in [-0.3, -0.25) is 14.9 Å². The molecule has 1 amide bonds. The summed E-state index contributed by atoms with van der Waals surface area (Å²) in [5, 5.41) is 12.5. The molecule has 5 nitrogen and oxygen atoms in total. The summed E-state index contributed by atoms with van der Waals surface area (Å²) >= 11 is 12.2. The highest BCUT2D eigenvalue weighted by atomic mass is 35.5. The van der Waals surface area contributed by atoms with Crippen LogP contribution >= 0.6 is 23.2 Å². The van der Waals surface area contributed by atoms with Crippen LogP contribution in [0.25, 0.3) is 0 Å². The lowest BCUT2D eigenvalue weighted by Gasteiger charge is -2.23. The van der Waals surface area contributed by atoms with Gasteiger partial charge in [0, 0.05) is 34.6 Å². The fraction of sp³-hybridized carbons (Fsp3) is 0.409. The Labute approximate surface area is 181 Å². The molecular weight excluding hydrogens is 411 g/mol. The highest BCUT2D eigenvalue weighted by Crippen LogP contribution is 2.23. The zero-order valence-corrected chi connectivity index (χ0v) is 18.1. The lowest BCUT2D eigenvalue weighted by Crippen LogP contribution is -2.32. The van der Waals surface area contributed by atoms with Crippen LogP contribution in [0.5, 0.6) is 0 Å². The molecule has 2 rings (SSSR count). The first-order valence-electron chi connectivity index (χ1n) is 9.86. The van der Waals surface area contributed by atoms with E-state index < -0.39 is 4.92 Å². The first kappa shape index (κ1) is 23.2. The molecule has 0 fully saturated rings. The van der Waals surface area contributed by atoms with E-state index in [1.807, 2.05) is 6.07 Å². The Bertz CT molecular complexity index is 843. The van der Waals surface area contributed by atoms with Gasteiger partial charge in [-0.1, -0.05) is 73.7 Å². The molecule has 0 N–H and O–H groups in total. The van der Waals surface area contributed by atoms with Crippen molar-refractivity contribution in [1.29, 1.82) is 0 Å². The van der Waals surface area contributed by atoms with Crippen LogP contribution in [0.1, 0.15) is 50.2 Å². The summed E-state index contributed by atoms with van der Waals surface area (Å²) in [6.07, 6.45) is 5.01. The average Bonchev–Trinajstić information content (AvgIpc) is 2.69. The first-order chi connectivity index (χ1) is 13.9. The van der Waals surface area contributed by atoms with Crippen molar-refractivity contribution in [1.82, 2.24) is 4.90 Å². The topological polar surface area (TPSA) is 63.5 Å². The molecule has 0 aliphatic rings. The number of para-hydroxylation sites is 1. The number of carbonyl (C=O) groups is 1. The van der Waals surface area contributed by atoms with Crippen molar-refractivity contribution in [2.24, 2.45) is 0 Å². The Morgan fingerprint density at radius 3 is 2.52 bits per heavy atom. The van der Waals surface area contributed by atoms with Gasteiger partial charge in [-0.05, 0) is 30.5 Å². The van der Waals surface area contributed by atoms with Crippen LogP contribution in [0.15, 0.2) is 42.5 Å². The van der Waals surface area contributed by atoms with Crippen molar-refractivity contribution in [2.75, 3.05) is 6.54 Å². The highest BCUT2D eigenvalue weighted by Gasteiger charge is 2.19. The van der Waals surface area contributed by atoms with Crippen LogP contribution in [0.3, 0.4) is 0 Å². The van der Waals surface area contributed by atoms with Crippen molar-refractivity contribution < 1.29 is 9.72 Å². The number of halogens is 2. The van der Waals surface area contributed by atoms with Crippen LogP contribution < -0.4 is 0 Å². The van der Waals surface area contributed by atoms with Gasteiger partial charge in [0.2, 0.25) is 5.91 Å². The normalized spacial score (nSPS) is 10.7. The third kappa shape index (κ3) is 7.33. The second kappa shape index (κ2) is 11.8. The van der Waals surface area contributed by atoms with Gasteiger partial charge < -0.3 is 4.90 Å². The number of nitrogens with zero attached hydrogens (tertiary/aromatic N) is 2. The number of nitro benzene ring substituents is 1. The summed E-state index contributed by atoms with van der Waals surface area (Å²) in [4.78, 5) is 25.5. The minimum absolute atomic E-state index is 0.00402. The molecule has 0 unspecified atom stereocenters. The molecule has 0 spiro atoms. The minimum atomic E-state index is -0.407. The second-order valence-electron chi connectivity index (χ2n) is 7.00. The molecule has 0 aliphatic carbocycles. The number of carbonyl (C=O) groups excluding carboxylic acids is 1. The maximum atomic E-state index is 12.9. The van der Waals surface area contributed by atoms with E-state index in [1.54, 1.807) is 35.2 Å². The molecule has 2 aromatic carbocycles. The fourth-order valence-electron chi connectivity index (χ4n) is 3.16. The van der Waals surface area contributed by atoms with E-state index in [2.05, 4.69) is 6.92 Å². The van der Waals surface area contributed by atoms with Crippen molar-refractivity contribution in [2.45, 2.75) is 52.0 Å². The Balaban J connectivity index is 2.14. The average molecular weight is 437 g/mol. The van der Waals surface area contributed by atoms with Gasteiger partial charge in [0.15, 0.2) is 0 Å². The van der Waals surface area contributed by atoms with Gasteiger partial charge in [0.05, 0.1) is 11.5 Å². The monoisotopic (exact) mass is 436 g/mol. The largest absolute Gasteiger partial charge is 0.338 e. The number of hydrogen-bond acceptors (Lipinski definition) is 3. The maximum absolute atomic E-state index is 12.9. The van der Waals surface area contributed by atoms with Gasteiger partial charge in [-0.15, -0.1) is 0 Å². The Morgan fingerprint density at radius 2 is 1.83 bits per heavy atom. The van der Waals surface area contributed by atoms with Crippen molar-refractivity contribution in [3.63, 3.8) is 0 Å². The maximum Gasteiger partial charge on any atom is 0.274 e. The molecule has 0 atom stereocenters. The Kier molecular flexibility index (Phi) is 9.42. The number of hydrogen-bond donors (Lipinski definition) is 0. The number of nitro groups is 1. The Hall–Kier alpha value is -2.11. The van der Waals surface area contributed by atoms with Crippen LogP contribution in [0.4, 0.5) is 5.69 Å². The quantitative estimate of drug-likeness (QED) is 0.231. The third-order valence-electron chi connectivity index (χ3n) is 4.81. The molecule has 29 heavy (non-hydrogen) atoms. The molecule has 0 saturated heterocycles. The summed E-state index contributed by atoms with van der Waals surface area (Å²) < 4.78 is 0. The van der Waals surface area contributed by atoms with Crippen LogP contribution in [-0.4, -0.2) is 22.3 Å². The SMILES string of the molecule is CCCCCCC(=O)N(CCc1ccc(Cl)cc1Cl)Cc1ccccc1[N+](=O)[O-]. The predicted octanol–water partition coefficient (Wildman–Crippen LogP) is 6.44. The van der Waals surface area contributed by atoms with Crippen molar-refractivity contribution in [3.05, 3.63) is 73.8 Å². The number of rotatable bonds is 11. The molecule has 7 heteroatoms. The number of amides is 1. The van der Waals surface area contributed by atoms with E-state index in [9.17, 15) is 14.9 Å². The molecule has 0 aliphatic heterocycles. The molecule has 0 radical (unpaired) electrons. The van der Waals surface area contributed by atoms with Crippen LogP contribution in [-0.2, 0) is 17.8 Å². The summed E-state index contributed by atoms with van der Waals surface area (Å²) in [6, 6.07) is 11.8. The van der Waals surface area contributed by atoms with Crippen LogP contribution in [0.2, 0.25) is 10.0 Å². The second-order valence-corrected chi connectivity index (χ2v) is 7.84. The highest BCUT2D eigenvalue weighted by molar-refractivity contribution is 6.35. The van der Waals surface area contributed by atoms with Gasteiger partial charge in [0.25, 0.3) is 5.69 Å². The van der Waals surface area contributed by atoms with Gasteiger partial charge in [0.1, 0.15) is 0 Å². The summed E-state index contributed by atoms with van der Waals surface area (Å²) in [5.41, 5.74) is 1.45. The zero-order valence-electron chi connectivity index (χ0n) is 16.6. The number of unbranched alkanes of at least 4 members (excludes halogenated alkanes) is 3. The van der Waals surface area contributed by atoms with E-state index in [-0.39, 0.29) is 18.1 Å². The molecule has 0 bridgehead atoms. The van der Waals surface area contributed by atoms with Crippen LogP contribution in [0, 0.1) is 10.1 Å². The molecule has 0 saturated carbocycles. The Morgan fingerprint density at radius 1 is 1.07 bits per heavy atom. The summed E-state index contributed by atoms with van der Waals surface area (Å²) in [6.45, 7) is 2.76. The lowest BCUT2D eigenvalue weighted by atomic mass is 10.1. The predicted molar refractivity (Wildman–Crippen MR) is 117 cm³/mol. The standard InChI is InChI=1S/C22H26Cl2N2O3/c1-2-3-4-5-10-22(27)25(14-13-17-11-12-19(23)15-20(17)24)16-18-8-6-7-9-21(18)26(28)29/h6-9,11-12,15H,2-5,10,13-14,16H2,1H3. The zero-order chi connectivity index (χ0) is 21.2. The van der Waals surface area contributed by atoms with Gasteiger partial charge in [-0.2, -0.15) is 0 Å². The van der Waals surface area contributed by atoms with Crippen molar-refractivity contribution >= 4 is 34.8 Å².